The van der Waals surface area contributed by atoms with Gasteiger partial charge in [-0.3, -0.25) is 14.5 Å². The lowest BCUT2D eigenvalue weighted by atomic mass is 9.85. The molecule has 1 heterocycles. The van der Waals surface area contributed by atoms with Crippen LogP contribution in [0.15, 0.2) is 36.4 Å². The monoisotopic (exact) mass is 385 g/mol. The van der Waals surface area contributed by atoms with Crippen molar-refractivity contribution in [3.05, 3.63) is 41.3 Å². The number of benzene rings is 1. The Labute approximate surface area is 162 Å². The molecule has 2 N–H and O–H groups in total. The molecule has 0 atom stereocenters. The summed E-state index contributed by atoms with van der Waals surface area (Å²) in [5.41, 5.74) is 1.81. The van der Waals surface area contributed by atoms with Gasteiger partial charge in [0, 0.05) is 24.2 Å². The van der Waals surface area contributed by atoms with E-state index in [1.54, 1.807) is 0 Å². The molecule has 2 saturated carbocycles. The number of carbonyl (C=O) groups excluding carboxylic acids is 1. The minimum Gasteiger partial charge on any atom is -0.480 e. The summed E-state index contributed by atoms with van der Waals surface area (Å²) in [6, 6.07) is 12.0. The number of aromatic nitrogens is 1. The second-order valence-electron chi connectivity index (χ2n) is 7.50. The summed E-state index contributed by atoms with van der Waals surface area (Å²) in [4.78, 5) is 26.3. The molecule has 2 aliphatic carbocycles. The van der Waals surface area contributed by atoms with Gasteiger partial charge >= 0.3 is 5.97 Å². The summed E-state index contributed by atoms with van der Waals surface area (Å²) < 4.78 is 4.38. The van der Waals surface area contributed by atoms with Crippen molar-refractivity contribution in [3.63, 3.8) is 0 Å². The number of nitrogens with zero attached hydrogens (tertiary/aromatic N) is 2. The third kappa shape index (κ3) is 4.54. The van der Waals surface area contributed by atoms with E-state index in [0.29, 0.717) is 10.8 Å². The fourth-order valence-electron chi connectivity index (χ4n) is 3.54. The van der Waals surface area contributed by atoms with Crippen LogP contribution in [0, 0.1) is 5.92 Å². The number of carboxylic acid groups (broad SMARTS) is 1. The van der Waals surface area contributed by atoms with Crippen LogP contribution in [0.1, 0.15) is 35.4 Å². The number of carbonyl (C=O) groups is 2. The maximum atomic E-state index is 12.5. The molecule has 1 amide bonds. The van der Waals surface area contributed by atoms with E-state index in [0.717, 1.165) is 30.6 Å². The average Bonchev–Trinajstić information content (AvgIpc) is 3.29. The normalized spacial score (nSPS) is 21.7. The molecule has 0 saturated heterocycles. The van der Waals surface area contributed by atoms with Gasteiger partial charge in [-0.25, -0.2) is 0 Å². The van der Waals surface area contributed by atoms with Crippen LogP contribution in [-0.2, 0) is 4.79 Å². The Balaban J connectivity index is 1.30. The predicted molar refractivity (Wildman–Crippen MR) is 104 cm³/mol. The first-order valence-corrected chi connectivity index (χ1v) is 10.1. The Morgan fingerprint density at radius 1 is 1.22 bits per heavy atom. The Bertz CT molecular complexity index is 813. The van der Waals surface area contributed by atoms with Gasteiger partial charge < -0.3 is 10.4 Å². The first-order chi connectivity index (χ1) is 13.1. The summed E-state index contributed by atoms with van der Waals surface area (Å²) in [5.74, 6) is -0.210. The zero-order valence-corrected chi connectivity index (χ0v) is 15.8. The van der Waals surface area contributed by atoms with Crippen LogP contribution in [0.4, 0.5) is 0 Å². The fraction of sp³-hybridized carbons (Fsp3) is 0.450. The number of carboxylic acids is 1. The molecule has 1 aromatic carbocycles. The zero-order chi connectivity index (χ0) is 18.8. The van der Waals surface area contributed by atoms with Crippen molar-refractivity contribution in [2.24, 2.45) is 5.92 Å². The minimum absolute atomic E-state index is 0.0925. The molecule has 0 aliphatic heterocycles. The van der Waals surface area contributed by atoms with Crippen LogP contribution >= 0.6 is 11.5 Å². The first kappa shape index (κ1) is 18.1. The molecular formula is C20H23N3O3S. The zero-order valence-electron chi connectivity index (χ0n) is 15.0. The van der Waals surface area contributed by atoms with Crippen LogP contribution in [0.2, 0.25) is 0 Å². The quantitative estimate of drug-likeness (QED) is 0.730. The maximum Gasteiger partial charge on any atom is 0.317 e. The van der Waals surface area contributed by atoms with Crippen LogP contribution in [0.25, 0.3) is 11.3 Å². The molecule has 7 heteroatoms. The van der Waals surface area contributed by atoms with Crippen molar-refractivity contribution in [2.45, 2.75) is 37.8 Å². The van der Waals surface area contributed by atoms with Gasteiger partial charge in [-0.15, -0.1) is 0 Å². The molecule has 27 heavy (non-hydrogen) atoms. The molecule has 6 nitrogen and oxygen atoms in total. The van der Waals surface area contributed by atoms with Crippen molar-refractivity contribution in [1.82, 2.24) is 14.6 Å². The fourth-order valence-corrected chi connectivity index (χ4v) is 4.20. The molecule has 0 spiro atoms. The topological polar surface area (TPSA) is 82.5 Å². The van der Waals surface area contributed by atoms with Crippen molar-refractivity contribution < 1.29 is 14.7 Å². The van der Waals surface area contributed by atoms with Gasteiger partial charge in [-0.05, 0) is 49.2 Å². The van der Waals surface area contributed by atoms with Crippen molar-refractivity contribution in [2.75, 3.05) is 13.1 Å². The minimum atomic E-state index is -0.777. The van der Waals surface area contributed by atoms with Gasteiger partial charge in [0.1, 0.15) is 4.88 Å². The van der Waals surface area contributed by atoms with Crippen LogP contribution in [0.5, 0.6) is 0 Å². The number of hydrogen-bond acceptors (Lipinski definition) is 5. The Morgan fingerprint density at radius 3 is 2.63 bits per heavy atom. The molecule has 1 aromatic heterocycles. The second-order valence-corrected chi connectivity index (χ2v) is 8.31. The van der Waals surface area contributed by atoms with Gasteiger partial charge in [0.25, 0.3) is 5.91 Å². The van der Waals surface area contributed by atoms with Gasteiger partial charge in [-0.1, -0.05) is 30.3 Å². The third-order valence-electron chi connectivity index (χ3n) is 5.30. The maximum absolute atomic E-state index is 12.5. The van der Waals surface area contributed by atoms with Crippen LogP contribution in [-0.4, -0.2) is 51.4 Å². The Kier molecular flexibility index (Phi) is 5.22. The Hall–Kier alpha value is -2.25. The lowest BCUT2D eigenvalue weighted by Gasteiger charge is -2.42. The highest BCUT2D eigenvalue weighted by molar-refractivity contribution is 7.08. The standard InChI is InChI=1S/C20H23N3O3S/c24-19(25)12-23(11-13-6-7-13)16-8-15(9-16)21-20(26)18-10-17(22-27-18)14-4-2-1-3-5-14/h1-5,10,13,15-16H,6-9,11-12H2,(H,21,26)(H,24,25). The average molecular weight is 385 g/mol. The summed E-state index contributed by atoms with van der Waals surface area (Å²) >= 11 is 1.21. The lowest BCUT2D eigenvalue weighted by Crippen LogP contribution is -2.55. The summed E-state index contributed by atoms with van der Waals surface area (Å²) in [7, 11) is 0. The molecule has 2 fully saturated rings. The molecule has 2 aliphatic rings. The number of aliphatic carboxylic acids is 1. The van der Waals surface area contributed by atoms with E-state index >= 15 is 0 Å². The van der Waals surface area contributed by atoms with E-state index in [1.807, 2.05) is 36.4 Å². The van der Waals surface area contributed by atoms with Crippen LogP contribution < -0.4 is 5.32 Å². The molecule has 0 radical (unpaired) electrons. The van der Waals surface area contributed by atoms with Gasteiger partial charge in [0.2, 0.25) is 0 Å². The molecular weight excluding hydrogens is 362 g/mol. The van der Waals surface area contributed by atoms with E-state index < -0.39 is 5.97 Å². The summed E-state index contributed by atoms with van der Waals surface area (Å²) in [6.45, 7) is 0.962. The first-order valence-electron chi connectivity index (χ1n) is 9.37. The summed E-state index contributed by atoms with van der Waals surface area (Å²) in [5, 5.41) is 12.2. The molecule has 0 unspecified atom stereocenters. The number of rotatable bonds is 8. The van der Waals surface area contributed by atoms with Crippen molar-refractivity contribution in [3.8, 4) is 11.3 Å². The lowest BCUT2D eigenvalue weighted by molar-refractivity contribution is -0.139. The largest absolute Gasteiger partial charge is 0.480 e. The van der Waals surface area contributed by atoms with Gasteiger partial charge in [0.15, 0.2) is 0 Å². The highest BCUT2D eigenvalue weighted by atomic mass is 32.1. The highest BCUT2D eigenvalue weighted by Gasteiger charge is 2.37. The third-order valence-corrected chi connectivity index (χ3v) is 6.08. The number of amides is 1. The Morgan fingerprint density at radius 2 is 1.96 bits per heavy atom. The molecule has 4 rings (SSSR count). The van der Waals surface area contributed by atoms with E-state index in [1.165, 1.54) is 24.4 Å². The molecule has 2 aromatic rings. The smallest absolute Gasteiger partial charge is 0.317 e. The van der Waals surface area contributed by atoms with Gasteiger partial charge in [-0.2, -0.15) is 4.37 Å². The van der Waals surface area contributed by atoms with Crippen molar-refractivity contribution in [1.29, 1.82) is 0 Å². The molecule has 0 bridgehead atoms. The summed E-state index contributed by atoms with van der Waals surface area (Å²) in [6.07, 6.45) is 4.04. The molecule has 142 valence electrons. The predicted octanol–water partition coefficient (Wildman–Crippen LogP) is 2.87. The van der Waals surface area contributed by atoms with E-state index in [4.69, 9.17) is 5.11 Å². The number of hydrogen-bond donors (Lipinski definition) is 2. The SMILES string of the molecule is O=C(O)CN(CC1CC1)C1CC(NC(=O)c2cc(-c3ccccc3)ns2)C1. The second kappa shape index (κ2) is 7.78. The van der Waals surface area contributed by atoms with Crippen molar-refractivity contribution >= 4 is 23.4 Å². The van der Waals surface area contributed by atoms with Gasteiger partial charge in [0.05, 0.1) is 12.2 Å². The van der Waals surface area contributed by atoms with E-state index in [9.17, 15) is 9.59 Å². The van der Waals surface area contributed by atoms with E-state index in [-0.39, 0.29) is 24.5 Å². The van der Waals surface area contributed by atoms with E-state index in [2.05, 4.69) is 14.6 Å². The highest BCUT2D eigenvalue weighted by Crippen LogP contribution is 2.34. The van der Waals surface area contributed by atoms with Crippen LogP contribution in [0.3, 0.4) is 0 Å². The number of nitrogens with one attached hydrogen (secondary N) is 1.